The summed E-state index contributed by atoms with van der Waals surface area (Å²) in [5.41, 5.74) is 2.68. The van der Waals surface area contributed by atoms with Crippen molar-refractivity contribution in [2.45, 2.75) is 37.8 Å². The Labute approximate surface area is 193 Å². The molecule has 13 heteroatoms. The first-order chi connectivity index (χ1) is 15.7. The zero-order valence-corrected chi connectivity index (χ0v) is 18.2. The molecular weight excluding hydrogens is 458 g/mol. The predicted molar refractivity (Wildman–Crippen MR) is 112 cm³/mol. The van der Waals surface area contributed by atoms with E-state index >= 15 is 0 Å². The summed E-state index contributed by atoms with van der Waals surface area (Å²) in [6.07, 6.45) is 0.171. The first-order valence-corrected chi connectivity index (χ1v) is 10.5. The number of aldehydes is 1. The Hall–Kier alpha value is -3.67. The zero-order valence-electron chi connectivity index (χ0n) is 17.4. The molecule has 3 rings (SSSR count). The van der Waals surface area contributed by atoms with Crippen LogP contribution in [0.3, 0.4) is 0 Å². The second-order valence-corrected chi connectivity index (χ2v) is 7.94. The number of amides is 5. The van der Waals surface area contributed by atoms with E-state index in [0.717, 1.165) is 15.0 Å². The molecule has 1 aromatic rings. The van der Waals surface area contributed by atoms with Crippen LogP contribution >= 0.6 is 11.6 Å². The summed E-state index contributed by atoms with van der Waals surface area (Å²) in [6.45, 7) is 0.0773. The molecule has 1 aromatic carbocycles. The maximum atomic E-state index is 13.3. The van der Waals surface area contributed by atoms with Crippen molar-refractivity contribution in [3.05, 3.63) is 34.9 Å². The van der Waals surface area contributed by atoms with Crippen LogP contribution in [0.5, 0.6) is 0 Å². The largest absolute Gasteiger partial charge is 0.481 e. The van der Waals surface area contributed by atoms with Gasteiger partial charge >= 0.3 is 12.0 Å². The molecule has 2 saturated heterocycles. The number of rotatable bonds is 7. The lowest BCUT2D eigenvalue weighted by Gasteiger charge is -2.42. The van der Waals surface area contributed by atoms with E-state index in [4.69, 9.17) is 16.7 Å². The van der Waals surface area contributed by atoms with Crippen molar-refractivity contribution in [1.29, 1.82) is 0 Å². The van der Waals surface area contributed by atoms with E-state index in [0.29, 0.717) is 17.7 Å². The Bertz CT molecular complexity index is 970. The third-order valence-corrected chi connectivity index (χ3v) is 5.45. The number of urea groups is 1. The standard InChI is InChI=1S/C20H22ClN5O7/c21-13-5-3-12(4-6-13)18(31)23-24-9-7-16(28)25-8-1-2-15(26(25)20(24)33)19(32)22-14(11-27)10-17(29)30/h3-6,11,14-15H,1-2,7-10H2,(H,22,32)(H,23,31)(H,29,30)/t14?,15-/m0/s1. The molecule has 1 unspecified atom stereocenters. The molecule has 2 aliphatic heterocycles. The number of hydrogen-bond donors (Lipinski definition) is 3. The van der Waals surface area contributed by atoms with Gasteiger partial charge in [-0.05, 0) is 37.1 Å². The number of carbonyl (C=O) groups is 6. The van der Waals surface area contributed by atoms with E-state index < -0.39 is 48.2 Å². The van der Waals surface area contributed by atoms with Gasteiger partial charge in [0.1, 0.15) is 12.3 Å². The number of carboxylic acids is 1. The molecule has 0 spiro atoms. The number of nitrogens with one attached hydrogen (secondary N) is 2. The second-order valence-electron chi connectivity index (χ2n) is 7.50. The Balaban J connectivity index is 1.80. The van der Waals surface area contributed by atoms with Gasteiger partial charge in [-0.2, -0.15) is 0 Å². The Morgan fingerprint density at radius 1 is 1.18 bits per heavy atom. The van der Waals surface area contributed by atoms with E-state index in [1.807, 2.05) is 0 Å². The summed E-state index contributed by atoms with van der Waals surface area (Å²) < 4.78 is 0. The first kappa shape index (κ1) is 24.0. The van der Waals surface area contributed by atoms with Crippen molar-refractivity contribution in [1.82, 2.24) is 25.8 Å². The molecule has 2 heterocycles. The first-order valence-electron chi connectivity index (χ1n) is 10.2. The van der Waals surface area contributed by atoms with Gasteiger partial charge in [0, 0.05) is 23.6 Å². The molecule has 2 aliphatic rings. The van der Waals surface area contributed by atoms with Crippen LogP contribution in [0, 0.1) is 0 Å². The van der Waals surface area contributed by atoms with Crippen molar-refractivity contribution < 1.29 is 33.9 Å². The zero-order chi connectivity index (χ0) is 24.1. The van der Waals surface area contributed by atoms with Gasteiger partial charge in [0.05, 0.1) is 19.0 Å². The number of halogens is 1. The van der Waals surface area contributed by atoms with Crippen molar-refractivity contribution in [3.63, 3.8) is 0 Å². The number of hydrogen-bond acceptors (Lipinski definition) is 6. The molecule has 5 amide bonds. The van der Waals surface area contributed by atoms with Gasteiger partial charge in [-0.1, -0.05) is 11.6 Å². The smallest absolute Gasteiger partial charge is 0.358 e. The van der Waals surface area contributed by atoms with E-state index in [1.54, 1.807) is 0 Å². The highest BCUT2D eigenvalue weighted by molar-refractivity contribution is 6.30. The summed E-state index contributed by atoms with van der Waals surface area (Å²) in [4.78, 5) is 73.4. The number of carboxylic acid groups (broad SMARTS) is 1. The second kappa shape index (κ2) is 10.3. The third-order valence-electron chi connectivity index (χ3n) is 5.20. The summed E-state index contributed by atoms with van der Waals surface area (Å²) in [6, 6.07) is 2.70. The molecule has 2 fully saturated rings. The molecule has 176 valence electrons. The minimum Gasteiger partial charge on any atom is -0.481 e. The molecule has 12 nitrogen and oxygen atoms in total. The lowest BCUT2D eigenvalue weighted by atomic mass is 10.1. The highest BCUT2D eigenvalue weighted by Gasteiger charge is 2.44. The maximum absolute atomic E-state index is 13.3. The molecule has 0 aromatic heterocycles. The van der Waals surface area contributed by atoms with Crippen LogP contribution in [0.15, 0.2) is 24.3 Å². The van der Waals surface area contributed by atoms with E-state index in [1.165, 1.54) is 24.3 Å². The fourth-order valence-electron chi connectivity index (χ4n) is 3.60. The summed E-state index contributed by atoms with van der Waals surface area (Å²) in [5.74, 6) is -3.08. The average Bonchev–Trinajstić information content (AvgIpc) is 2.90. The Morgan fingerprint density at radius 2 is 1.88 bits per heavy atom. The number of aliphatic carboxylic acids is 1. The van der Waals surface area contributed by atoms with Crippen LogP contribution in [0.4, 0.5) is 4.79 Å². The van der Waals surface area contributed by atoms with Crippen molar-refractivity contribution >= 4 is 47.6 Å². The van der Waals surface area contributed by atoms with Gasteiger partial charge in [0.15, 0.2) is 0 Å². The van der Waals surface area contributed by atoms with E-state index in [-0.39, 0.29) is 31.5 Å². The maximum Gasteiger partial charge on any atom is 0.358 e. The van der Waals surface area contributed by atoms with Crippen LogP contribution in [-0.2, 0) is 19.2 Å². The average molecular weight is 480 g/mol. The van der Waals surface area contributed by atoms with Crippen LogP contribution < -0.4 is 10.7 Å². The molecule has 2 atom stereocenters. The lowest BCUT2D eigenvalue weighted by Crippen LogP contribution is -2.64. The van der Waals surface area contributed by atoms with Crippen LogP contribution in [0.25, 0.3) is 0 Å². The Morgan fingerprint density at radius 3 is 2.52 bits per heavy atom. The van der Waals surface area contributed by atoms with Gasteiger partial charge in [-0.25, -0.2) is 19.8 Å². The van der Waals surface area contributed by atoms with Crippen LogP contribution in [0.1, 0.15) is 36.0 Å². The topological polar surface area (TPSA) is 156 Å². The number of fused-ring (bicyclic) bond motifs is 1. The third kappa shape index (κ3) is 5.58. The normalized spacial score (nSPS) is 19.3. The SMILES string of the molecule is O=CC(CC(=O)O)NC(=O)[C@@H]1CCCN2C(=O)CCN(NC(=O)c3ccc(Cl)cc3)C(=O)N12. The van der Waals surface area contributed by atoms with Gasteiger partial charge in [-0.3, -0.25) is 24.6 Å². The van der Waals surface area contributed by atoms with Crippen molar-refractivity contribution in [2.24, 2.45) is 0 Å². The van der Waals surface area contributed by atoms with Crippen molar-refractivity contribution in [2.75, 3.05) is 13.1 Å². The van der Waals surface area contributed by atoms with Gasteiger partial charge in [0.2, 0.25) is 11.8 Å². The molecular formula is C20H22ClN5O7. The van der Waals surface area contributed by atoms with E-state index in [9.17, 15) is 28.8 Å². The lowest BCUT2D eigenvalue weighted by molar-refractivity contribution is -0.155. The fourth-order valence-corrected chi connectivity index (χ4v) is 3.73. The minimum absolute atomic E-state index is 0.0898. The predicted octanol–water partition coefficient (Wildman–Crippen LogP) is 0.177. The number of carbonyl (C=O) groups excluding carboxylic acids is 5. The van der Waals surface area contributed by atoms with Crippen LogP contribution in [-0.4, -0.2) is 81.3 Å². The molecule has 33 heavy (non-hydrogen) atoms. The van der Waals surface area contributed by atoms with Crippen LogP contribution in [0.2, 0.25) is 5.02 Å². The van der Waals surface area contributed by atoms with Gasteiger partial charge < -0.3 is 15.2 Å². The van der Waals surface area contributed by atoms with Gasteiger partial charge in [-0.15, -0.1) is 0 Å². The molecule has 0 saturated carbocycles. The Kier molecular flexibility index (Phi) is 7.48. The minimum atomic E-state index is -1.29. The summed E-state index contributed by atoms with van der Waals surface area (Å²) in [5, 5.41) is 14.7. The fraction of sp³-hybridized carbons (Fsp3) is 0.400. The quantitative estimate of drug-likeness (QED) is 0.471. The highest BCUT2D eigenvalue weighted by atomic mass is 35.5. The molecule has 0 bridgehead atoms. The number of benzene rings is 1. The number of hydrazine groups is 2. The summed E-state index contributed by atoms with van der Waals surface area (Å²) in [7, 11) is 0. The monoisotopic (exact) mass is 479 g/mol. The molecule has 3 N–H and O–H groups in total. The molecule has 0 aliphatic carbocycles. The van der Waals surface area contributed by atoms with Gasteiger partial charge in [0.25, 0.3) is 5.91 Å². The molecule has 0 radical (unpaired) electrons. The summed E-state index contributed by atoms with van der Waals surface area (Å²) >= 11 is 5.83. The number of nitrogens with zero attached hydrogens (tertiary/aromatic N) is 3. The highest BCUT2D eigenvalue weighted by Crippen LogP contribution is 2.24. The van der Waals surface area contributed by atoms with E-state index in [2.05, 4.69) is 10.7 Å². The van der Waals surface area contributed by atoms with Crippen molar-refractivity contribution in [3.8, 4) is 0 Å².